The quantitative estimate of drug-likeness (QED) is 0.694. The predicted octanol–water partition coefficient (Wildman–Crippen LogP) is 4.28. The molecule has 1 saturated heterocycles. The molecule has 2 aliphatic heterocycles. The average molecular weight is 478 g/mol. The molecular weight excluding hydrogens is 442 g/mol. The number of fused-ring (bicyclic) bond motifs is 1. The van der Waals surface area contributed by atoms with Gasteiger partial charge in [-0.15, -0.1) is 0 Å². The summed E-state index contributed by atoms with van der Waals surface area (Å²) in [5.41, 5.74) is 3.95. The van der Waals surface area contributed by atoms with E-state index in [1.807, 2.05) is 19.2 Å². The zero-order chi connectivity index (χ0) is 23.8. The van der Waals surface area contributed by atoms with E-state index in [9.17, 15) is 5.11 Å². The van der Waals surface area contributed by atoms with E-state index >= 15 is 0 Å². The van der Waals surface area contributed by atoms with Crippen molar-refractivity contribution in [1.29, 1.82) is 0 Å². The van der Waals surface area contributed by atoms with Gasteiger partial charge in [-0.2, -0.15) is 0 Å². The average Bonchev–Trinajstić information content (AvgIpc) is 3.49. The third kappa shape index (κ3) is 2.14. The summed E-state index contributed by atoms with van der Waals surface area (Å²) in [6.45, 7) is 4.74. The second-order valence-corrected chi connectivity index (χ2v) is 12.8. The number of phenols is 1. The first-order chi connectivity index (χ1) is 16.9. The Kier molecular flexibility index (Phi) is 3.89. The van der Waals surface area contributed by atoms with Crippen LogP contribution in [0.1, 0.15) is 49.3 Å². The molecule has 6 aliphatic rings. The molecule has 4 aliphatic carbocycles. The van der Waals surface area contributed by atoms with Crippen LogP contribution in [0.25, 0.3) is 0 Å². The lowest BCUT2D eigenvalue weighted by Gasteiger charge is -2.67. The maximum absolute atomic E-state index is 11.0. The number of hydrogen-bond acceptors (Lipinski definition) is 6. The van der Waals surface area contributed by atoms with Gasteiger partial charge in [0.05, 0.1) is 25.7 Å². The van der Waals surface area contributed by atoms with Gasteiger partial charge < -0.3 is 28.6 Å². The molecule has 6 heteroatoms. The minimum Gasteiger partial charge on any atom is -0.504 e. The fraction of sp³-hybridized carbons (Fsp3) is 0.655. The minimum absolute atomic E-state index is 0.0899. The van der Waals surface area contributed by atoms with Gasteiger partial charge in [0.2, 0.25) is 0 Å². The van der Waals surface area contributed by atoms with Gasteiger partial charge in [0.15, 0.2) is 11.5 Å². The van der Waals surface area contributed by atoms with Gasteiger partial charge in [0.25, 0.3) is 0 Å². The topological polar surface area (TPSA) is 64.3 Å². The number of likely N-dealkylation sites (tertiary alicyclic amines) is 1. The van der Waals surface area contributed by atoms with Crippen LogP contribution in [-0.2, 0) is 27.9 Å². The maximum Gasteiger partial charge on any atom is 0.165 e. The van der Waals surface area contributed by atoms with Gasteiger partial charge in [-0.25, -0.2) is 0 Å². The number of hydrogen-bond donors (Lipinski definition) is 1. The van der Waals surface area contributed by atoms with Gasteiger partial charge in [-0.1, -0.05) is 13.0 Å². The number of methoxy groups -OCH3 is 1. The van der Waals surface area contributed by atoms with Crippen molar-refractivity contribution in [3.05, 3.63) is 47.4 Å². The lowest BCUT2D eigenvalue weighted by molar-refractivity contribution is -0.242. The standard InChI is InChI=1S/C29H35NO5/c1-17-6-8-28-14-27(17,16-34-12-18-7-9-33-11-18)23(32-3)24-29(28)13-26(15-30(2)25(26)28)10-19-4-5-20(31)22(35-24)21(19)29/h4-5,7,9,11,17,23-25,31H,6,8,10,12-16H2,1-3H3/t17?,23?,24-,25+,26?,27-,28+,29-/m0/s1. The second kappa shape index (κ2) is 6.45. The number of furan rings is 1. The molecule has 0 amide bonds. The molecule has 4 fully saturated rings. The Hall–Kier alpha value is -2.02. The van der Waals surface area contributed by atoms with Crippen molar-refractivity contribution in [2.75, 3.05) is 27.3 Å². The van der Waals surface area contributed by atoms with Gasteiger partial charge >= 0.3 is 0 Å². The van der Waals surface area contributed by atoms with Crippen LogP contribution in [0.2, 0.25) is 0 Å². The van der Waals surface area contributed by atoms with Crippen molar-refractivity contribution in [3.63, 3.8) is 0 Å². The van der Waals surface area contributed by atoms with E-state index < -0.39 is 0 Å². The largest absolute Gasteiger partial charge is 0.504 e. The molecule has 8 rings (SSSR count). The summed E-state index contributed by atoms with van der Waals surface area (Å²) < 4.78 is 25.1. The molecule has 35 heavy (non-hydrogen) atoms. The van der Waals surface area contributed by atoms with E-state index in [0.717, 1.165) is 37.1 Å². The lowest BCUT2D eigenvalue weighted by Crippen LogP contribution is -2.74. The molecule has 186 valence electrons. The third-order valence-corrected chi connectivity index (χ3v) is 11.5. The smallest absolute Gasteiger partial charge is 0.165 e. The zero-order valence-corrected chi connectivity index (χ0v) is 20.9. The van der Waals surface area contributed by atoms with Crippen molar-refractivity contribution >= 4 is 0 Å². The van der Waals surface area contributed by atoms with E-state index in [1.165, 1.54) is 24.0 Å². The van der Waals surface area contributed by atoms with Crippen molar-refractivity contribution < 1.29 is 23.7 Å². The molecule has 4 bridgehead atoms. The van der Waals surface area contributed by atoms with Crippen molar-refractivity contribution in [2.45, 2.75) is 69.3 Å². The number of benzene rings is 1. The van der Waals surface area contributed by atoms with E-state index in [-0.39, 0.29) is 34.2 Å². The second-order valence-electron chi connectivity index (χ2n) is 12.8. The minimum atomic E-state index is -0.139. The number of nitrogens with zero attached hydrogens (tertiary/aromatic N) is 1. The monoisotopic (exact) mass is 477 g/mol. The first-order valence-electron chi connectivity index (χ1n) is 13.2. The Morgan fingerprint density at radius 2 is 2.11 bits per heavy atom. The highest BCUT2D eigenvalue weighted by molar-refractivity contribution is 5.64. The Labute approximate surface area is 206 Å². The fourth-order valence-corrected chi connectivity index (χ4v) is 10.8. The van der Waals surface area contributed by atoms with E-state index in [1.54, 1.807) is 12.5 Å². The Balaban J connectivity index is 1.31. The molecule has 3 unspecified atom stereocenters. The van der Waals surface area contributed by atoms with Crippen LogP contribution < -0.4 is 4.74 Å². The summed E-state index contributed by atoms with van der Waals surface area (Å²) in [4.78, 5) is 2.63. The van der Waals surface area contributed by atoms with Crippen LogP contribution in [0.5, 0.6) is 11.5 Å². The Morgan fingerprint density at radius 3 is 2.89 bits per heavy atom. The highest BCUT2D eigenvalue weighted by Gasteiger charge is 2.86. The zero-order valence-electron chi connectivity index (χ0n) is 20.9. The molecule has 3 spiro atoms. The summed E-state index contributed by atoms with van der Waals surface area (Å²) in [7, 11) is 4.18. The number of phenolic OH excluding ortho intramolecular Hbond substituents is 1. The van der Waals surface area contributed by atoms with Gasteiger partial charge in [-0.3, -0.25) is 0 Å². The first-order valence-corrected chi connectivity index (χ1v) is 13.2. The van der Waals surface area contributed by atoms with Crippen LogP contribution in [-0.4, -0.2) is 55.6 Å². The Morgan fingerprint density at radius 1 is 1.23 bits per heavy atom. The summed E-state index contributed by atoms with van der Waals surface area (Å²) in [5.74, 6) is 1.48. The maximum atomic E-state index is 11.0. The van der Waals surface area contributed by atoms with Crippen molar-refractivity contribution in [1.82, 2.24) is 4.90 Å². The highest BCUT2D eigenvalue weighted by atomic mass is 16.5. The van der Waals surface area contributed by atoms with E-state index in [4.69, 9.17) is 18.6 Å². The fourth-order valence-electron chi connectivity index (χ4n) is 10.8. The number of ether oxygens (including phenoxy) is 3. The van der Waals surface area contributed by atoms with E-state index in [2.05, 4.69) is 24.9 Å². The summed E-state index contributed by atoms with van der Waals surface area (Å²) in [6.07, 6.45) is 9.01. The van der Waals surface area contributed by atoms with Crippen molar-refractivity contribution in [3.8, 4) is 11.5 Å². The van der Waals surface area contributed by atoms with Crippen LogP contribution >= 0.6 is 0 Å². The number of aromatic hydroxyl groups is 1. The summed E-state index contributed by atoms with van der Waals surface area (Å²) in [6, 6.07) is 6.55. The number of rotatable bonds is 5. The molecule has 1 N–H and O–H groups in total. The van der Waals surface area contributed by atoms with E-state index in [0.29, 0.717) is 30.6 Å². The molecule has 6 nitrogen and oxygen atoms in total. The lowest BCUT2D eigenvalue weighted by atomic mass is 9.40. The molecule has 3 heterocycles. The normalized spacial score (nSPS) is 46.0. The molecule has 8 atom stereocenters. The molecule has 3 saturated carbocycles. The van der Waals surface area contributed by atoms with Crippen LogP contribution in [0.15, 0.2) is 35.1 Å². The van der Waals surface area contributed by atoms with Gasteiger partial charge in [0.1, 0.15) is 12.2 Å². The highest BCUT2D eigenvalue weighted by Crippen LogP contribution is 2.83. The van der Waals surface area contributed by atoms with Gasteiger partial charge in [-0.05, 0) is 62.8 Å². The first kappa shape index (κ1) is 21.1. The van der Waals surface area contributed by atoms with Crippen LogP contribution in [0, 0.1) is 22.2 Å². The molecule has 1 aromatic carbocycles. The van der Waals surface area contributed by atoms with Crippen LogP contribution in [0.3, 0.4) is 0 Å². The third-order valence-electron chi connectivity index (χ3n) is 11.5. The molecule has 0 radical (unpaired) electrons. The summed E-state index contributed by atoms with van der Waals surface area (Å²) >= 11 is 0. The van der Waals surface area contributed by atoms with Crippen LogP contribution in [0.4, 0.5) is 0 Å². The molecular formula is C29H35NO5. The van der Waals surface area contributed by atoms with Gasteiger partial charge in [0, 0.05) is 52.5 Å². The molecule has 2 aromatic rings. The van der Waals surface area contributed by atoms with Crippen molar-refractivity contribution in [2.24, 2.45) is 22.2 Å². The SMILES string of the molecule is COC1[C@@H]2Oc3c(O)ccc4c3[C@@]23CC2(C4)CN(C)[C@H]2[C@]32CCC(C)[C@@]1(COCc1ccoc1)C2. The summed E-state index contributed by atoms with van der Waals surface area (Å²) in [5, 5.41) is 11.0. The molecule has 1 aromatic heterocycles. The Bertz CT molecular complexity index is 1210. The predicted molar refractivity (Wildman–Crippen MR) is 128 cm³/mol.